The van der Waals surface area contributed by atoms with Crippen LogP contribution in [-0.4, -0.2) is 67.1 Å². The molecule has 1 fully saturated rings. The van der Waals surface area contributed by atoms with Crippen LogP contribution in [-0.2, 0) is 11.3 Å². The van der Waals surface area contributed by atoms with Gasteiger partial charge in [0.05, 0.1) is 37.1 Å². The number of carbonyl (C=O) groups excluding carboxylic acids is 2. The molecule has 1 aliphatic rings. The van der Waals surface area contributed by atoms with Crippen molar-refractivity contribution in [3.8, 4) is 0 Å². The summed E-state index contributed by atoms with van der Waals surface area (Å²) in [5, 5.41) is 5.45. The number of hydrogen-bond donors (Lipinski definition) is 2. The number of nitrogens with one attached hydrogen (secondary N) is 2. The van der Waals surface area contributed by atoms with E-state index in [1.54, 1.807) is 41.3 Å². The molecular formula is C20H23F3N4O3. The molecule has 1 saturated heterocycles. The molecular weight excluding hydrogens is 401 g/mol. The monoisotopic (exact) mass is 424 g/mol. The standard InChI is InChI=1S/C20H23F3N4O3/c21-20(22,23)14-27-9-7-26(8-10-27)13-18(28)25-17-6-2-1-5-16(17)19(29)24-12-15-4-3-11-30-15/h1-6,11H,7-10,12-14H2,(H,24,29)(H,25,28). The third kappa shape index (κ3) is 6.60. The Morgan fingerprint density at radius 1 is 1.00 bits per heavy atom. The number of piperazine rings is 1. The zero-order chi connectivity index (χ0) is 21.6. The molecule has 0 unspecified atom stereocenters. The van der Waals surface area contributed by atoms with Gasteiger partial charge in [-0.05, 0) is 24.3 Å². The average molecular weight is 424 g/mol. The van der Waals surface area contributed by atoms with Crippen molar-refractivity contribution >= 4 is 17.5 Å². The van der Waals surface area contributed by atoms with Gasteiger partial charge in [-0.1, -0.05) is 12.1 Å². The third-order valence-electron chi connectivity index (χ3n) is 4.68. The van der Waals surface area contributed by atoms with E-state index in [1.165, 1.54) is 11.2 Å². The molecule has 162 valence electrons. The highest BCUT2D eigenvalue weighted by atomic mass is 19.4. The SMILES string of the molecule is O=C(CN1CCN(CC(F)(F)F)CC1)Nc1ccccc1C(=O)NCc1ccco1. The second-order valence-electron chi connectivity index (χ2n) is 7.02. The van der Waals surface area contributed by atoms with Gasteiger partial charge in [-0.15, -0.1) is 0 Å². The van der Waals surface area contributed by atoms with Gasteiger partial charge >= 0.3 is 6.18 Å². The zero-order valence-corrected chi connectivity index (χ0v) is 16.2. The van der Waals surface area contributed by atoms with Gasteiger partial charge in [-0.3, -0.25) is 19.4 Å². The molecule has 1 aromatic heterocycles. The van der Waals surface area contributed by atoms with E-state index in [2.05, 4.69) is 10.6 Å². The fourth-order valence-electron chi connectivity index (χ4n) is 3.22. The molecule has 2 N–H and O–H groups in total. The first-order valence-corrected chi connectivity index (χ1v) is 9.51. The summed E-state index contributed by atoms with van der Waals surface area (Å²) in [5.41, 5.74) is 0.683. The van der Waals surface area contributed by atoms with Gasteiger partial charge in [0.2, 0.25) is 5.91 Å². The maximum absolute atomic E-state index is 12.5. The molecule has 3 rings (SSSR count). The number of alkyl halides is 3. The third-order valence-corrected chi connectivity index (χ3v) is 4.68. The number of furan rings is 1. The molecule has 30 heavy (non-hydrogen) atoms. The van der Waals surface area contributed by atoms with Gasteiger partial charge in [0.25, 0.3) is 5.91 Å². The summed E-state index contributed by atoms with van der Waals surface area (Å²) in [4.78, 5) is 28.0. The molecule has 2 amide bonds. The highest BCUT2D eigenvalue weighted by Crippen LogP contribution is 2.18. The van der Waals surface area contributed by atoms with Crippen LogP contribution in [0, 0.1) is 0 Å². The van der Waals surface area contributed by atoms with Crippen LogP contribution in [0.25, 0.3) is 0 Å². The van der Waals surface area contributed by atoms with E-state index in [1.807, 2.05) is 0 Å². The smallest absolute Gasteiger partial charge is 0.401 e. The number of benzene rings is 1. The molecule has 0 atom stereocenters. The number of halogens is 3. The predicted octanol–water partition coefficient (Wildman–Crippen LogP) is 2.33. The van der Waals surface area contributed by atoms with Crippen molar-refractivity contribution in [1.29, 1.82) is 0 Å². The maximum Gasteiger partial charge on any atom is 0.401 e. The lowest BCUT2D eigenvalue weighted by molar-refractivity contribution is -0.149. The van der Waals surface area contributed by atoms with E-state index in [4.69, 9.17) is 4.42 Å². The first-order chi connectivity index (χ1) is 14.3. The average Bonchev–Trinajstić information content (AvgIpc) is 3.20. The fraction of sp³-hybridized carbons (Fsp3) is 0.400. The van der Waals surface area contributed by atoms with Crippen LogP contribution in [0.5, 0.6) is 0 Å². The topological polar surface area (TPSA) is 77.8 Å². The van der Waals surface area contributed by atoms with E-state index in [-0.39, 0.29) is 38.0 Å². The summed E-state index contributed by atoms with van der Waals surface area (Å²) >= 11 is 0. The van der Waals surface area contributed by atoms with Crippen LogP contribution < -0.4 is 10.6 Å². The number of nitrogens with zero attached hydrogens (tertiary/aromatic N) is 2. The molecule has 10 heteroatoms. The highest BCUT2D eigenvalue weighted by Gasteiger charge is 2.32. The predicted molar refractivity (Wildman–Crippen MR) is 104 cm³/mol. The van der Waals surface area contributed by atoms with Crippen molar-refractivity contribution < 1.29 is 27.2 Å². The lowest BCUT2D eigenvalue weighted by Crippen LogP contribution is -2.50. The van der Waals surface area contributed by atoms with Crippen molar-refractivity contribution in [2.24, 2.45) is 0 Å². The minimum atomic E-state index is -4.22. The Morgan fingerprint density at radius 2 is 1.70 bits per heavy atom. The molecule has 0 radical (unpaired) electrons. The van der Waals surface area contributed by atoms with E-state index < -0.39 is 12.7 Å². The molecule has 0 aliphatic carbocycles. The van der Waals surface area contributed by atoms with Gasteiger partial charge in [0.15, 0.2) is 0 Å². The lowest BCUT2D eigenvalue weighted by Gasteiger charge is -2.34. The lowest BCUT2D eigenvalue weighted by atomic mass is 10.1. The van der Waals surface area contributed by atoms with Gasteiger partial charge in [0, 0.05) is 26.2 Å². The first kappa shape index (κ1) is 21.8. The van der Waals surface area contributed by atoms with Crippen molar-refractivity contribution in [3.63, 3.8) is 0 Å². The number of rotatable bonds is 7. The molecule has 0 bridgehead atoms. The number of para-hydroxylation sites is 1. The Morgan fingerprint density at radius 3 is 2.37 bits per heavy atom. The van der Waals surface area contributed by atoms with Crippen LogP contribution in [0.4, 0.5) is 18.9 Å². The number of hydrogen-bond acceptors (Lipinski definition) is 5. The minimum Gasteiger partial charge on any atom is -0.467 e. The Bertz CT molecular complexity index is 847. The van der Waals surface area contributed by atoms with Gasteiger partial charge < -0.3 is 15.1 Å². The van der Waals surface area contributed by atoms with Gasteiger partial charge in [0.1, 0.15) is 5.76 Å². The summed E-state index contributed by atoms with van der Waals surface area (Å²) < 4.78 is 42.6. The Balaban J connectivity index is 1.50. The second kappa shape index (κ2) is 9.77. The maximum atomic E-state index is 12.5. The Labute approximate surface area is 171 Å². The largest absolute Gasteiger partial charge is 0.467 e. The number of carbonyl (C=O) groups is 2. The normalized spacial score (nSPS) is 15.7. The summed E-state index contributed by atoms with van der Waals surface area (Å²) in [6, 6.07) is 10.1. The molecule has 2 heterocycles. The van der Waals surface area contributed by atoms with Crippen LogP contribution in [0.1, 0.15) is 16.1 Å². The molecule has 0 saturated carbocycles. The first-order valence-electron chi connectivity index (χ1n) is 9.51. The number of amides is 2. The summed E-state index contributed by atoms with van der Waals surface area (Å²) in [7, 11) is 0. The summed E-state index contributed by atoms with van der Waals surface area (Å²) in [5.74, 6) is -0.0804. The molecule has 1 aliphatic heterocycles. The Hall–Kier alpha value is -2.85. The van der Waals surface area contributed by atoms with E-state index >= 15 is 0 Å². The van der Waals surface area contributed by atoms with Crippen molar-refractivity contribution in [1.82, 2.24) is 15.1 Å². The fourth-order valence-corrected chi connectivity index (χ4v) is 3.22. The summed E-state index contributed by atoms with van der Waals surface area (Å²) in [6.07, 6.45) is -2.71. The van der Waals surface area contributed by atoms with Crippen LogP contribution in [0.2, 0.25) is 0 Å². The molecule has 1 aromatic carbocycles. The van der Waals surface area contributed by atoms with E-state index in [0.29, 0.717) is 30.1 Å². The van der Waals surface area contributed by atoms with E-state index in [0.717, 1.165) is 0 Å². The van der Waals surface area contributed by atoms with Crippen LogP contribution >= 0.6 is 0 Å². The molecule has 2 aromatic rings. The molecule has 0 spiro atoms. The van der Waals surface area contributed by atoms with Gasteiger partial charge in [-0.25, -0.2) is 0 Å². The van der Waals surface area contributed by atoms with Crippen LogP contribution in [0.15, 0.2) is 47.1 Å². The van der Waals surface area contributed by atoms with Crippen LogP contribution in [0.3, 0.4) is 0 Å². The van der Waals surface area contributed by atoms with Crippen molar-refractivity contribution in [3.05, 3.63) is 54.0 Å². The van der Waals surface area contributed by atoms with Crippen molar-refractivity contribution in [2.75, 3.05) is 44.6 Å². The van der Waals surface area contributed by atoms with Crippen molar-refractivity contribution in [2.45, 2.75) is 12.7 Å². The second-order valence-corrected chi connectivity index (χ2v) is 7.02. The highest BCUT2D eigenvalue weighted by molar-refractivity contribution is 6.04. The Kier molecular flexibility index (Phi) is 7.11. The summed E-state index contributed by atoms with van der Waals surface area (Å²) in [6.45, 7) is 0.562. The number of anilines is 1. The zero-order valence-electron chi connectivity index (χ0n) is 16.2. The van der Waals surface area contributed by atoms with Gasteiger partial charge in [-0.2, -0.15) is 13.2 Å². The molecule has 7 nitrogen and oxygen atoms in total. The quantitative estimate of drug-likeness (QED) is 0.714. The minimum absolute atomic E-state index is 0.0439. The van der Waals surface area contributed by atoms with E-state index in [9.17, 15) is 22.8 Å².